The van der Waals surface area contributed by atoms with Crippen molar-refractivity contribution in [3.63, 3.8) is 0 Å². The van der Waals surface area contributed by atoms with Gasteiger partial charge in [0.25, 0.3) is 0 Å². The molecule has 16 heavy (non-hydrogen) atoms. The summed E-state index contributed by atoms with van der Waals surface area (Å²) < 4.78 is 5.39. The highest BCUT2D eigenvalue weighted by atomic mass is 16.5. The summed E-state index contributed by atoms with van der Waals surface area (Å²) in [7, 11) is 0. The zero-order valence-corrected chi connectivity index (χ0v) is 9.22. The van der Waals surface area contributed by atoms with Crippen LogP contribution in [-0.2, 0) is 14.3 Å². The topological polar surface area (TPSA) is 66.8 Å². The van der Waals surface area contributed by atoms with Gasteiger partial charge in [0.2, 0.25) is 5.91 Å². The molecule has 2 aliphatic heterocycles. The molecule has 90 valence electrons. The molecule has 0 unspecified atom stereocenters. The summed E-state index contributed by atoms with van der Waals surface area (Å²) in [5.41, 5.74) is 0. The lowest BCUT2D eigenvalue weighted by Crippen LogP contribution is -2.43. The van der Waals surface area contributed by atoms with Crippen LogP contribution in [0.1, 0.15) is 19.3 Å². The number of rotatable bonds is 3. The maximum Gasteiger partial charge on any atom is 0.303 e. The Kier molecular flexibility index (Phi) is 3.43. The van der Waals surface area contributed by atoms with E-state index in [0.29, 0.717) is 11.8 Å². The van der Waals surface area contributed by atoms with E-state index in [9.17, 15) is 9.59 Å². The monoisotopic (exact) mass is 227 g/mol. The van der Waals surface area contributed by atoms with Gasteiger partial charge in [0.15, 0.2) is 0 Å². The molecule has 0 aromatic heterocycles. The lowest BCUT2D eigenvalue weighted by Gasteiger charge is -2.33. The number of aliphatic carboxylic acids is 1. The van der Waals surface area contributed by atoms with Crippen LogP contribution in [0.25, 0.3) is 0 Å². The lowest BCUT2D eigenvalue weighted by atomic mass is 9.88. The van der Waals surface area contributed by atoms with Crippen molar-refractivity contribution in [2.45, 2.75) is 19.3 Å². The molecule has 2 atom stereocenters. The maximum atomic E-state index is 11.7. The Bertz CT molecular complexity index is 292. The van der Waals surface area contributed by atoms with E-state index in [-0.39, 0.29) is 18.7 Å². The molecule has 2 fully saturated rings. The molecule has 0 aliphatic carbocycles. The molecular weight excluding hydrogens is 210 g/mol. The molecule has 0 bridgehead atoms. The summed E-state index contributed by atoms with van der Waals surface area (Å²) in [6.07, 6.45) is 1.04. The number of piperidine rings is 1. The highest BCUT2D eigenvalue weighted by molar-refractivity contribution is 5.80. The Balaban J connectivity index is 1.81. The lowest BCUT2D eigenvalue weighted by molar-refractivity contribution is -0.141. The molecule has 2 rings (SSSR count). The van der Waals surface area contributed by atoms with Crippen LogP contribution in [0.15, 0.2) is 0 Å². The van der Waals surface area contributed by atoms with E-state index in [2.05, 4.69) is 0 Å². The summed E-state index contributed by atoms with van der Waals surface area (Å²) >= 11 is 0. The normalized spacial score (nSPS) is 28.9. The van der Waals surface area contributed by atoms with E-state index >= 15 is 0 Å². The minimum Gasteiger partial charge on any atom is -0.481 e. The van der Waals surface area contributed by atoms with Crippen LogP contribution < -0.4 is 0 Å². The largest absolute Gasteiger partial charge is 0.481 e. The molecular formula is C11H17NO4. The van der Waals surface area contributed by atoms with Gasteiger partial charge in [-0.1, -0.05) is 0 Å². The Labute approximate surface area is 94.4 Å². The van der Waals surface area contributed by atoms with E-state index in [1.165, 1.54) is 0 Å². The first-order chi connectivity index (χ1) is 7.66. The average molecular weight is 227 g/mol. The number of carboxylic acid groups (broad SMARTS) is 1. The fraction of sp³-hybridized carbons (Fsp3) is 0.818. The summed E-state index contributed by atoms with van der Waals surface area (Å²) in [4.78, 5) is 23.9. The van der Waals surface area contributed by atoms with Gasteiger partial charge >= 0.3 is 5.97 Å². The second-order valence-electron chi connectivity index (χ2n) is 4.58. The molecule has 0 spiro atoms. The van der Waals surface area contributed by atoms with E-state index in [4.69, 9.17) is 9.84 Å². The molecule has 1 N–H and O–H groups in total. The predicted molar refractivity (Wildman–Crippen MR) is 55.9 cm³/mol. The van der Waals surface area contributed by atoms with Crippen molar-refractivity contribution in [1.29, 1.82) is 0 Å². The van der Waals surface area contributed by atoms with Crippen molar-refractivity contribution >= 4 is 11.9 Å². The summed E-state index contributed by atoms with van der Waals surface area (Å²) in [6, 6.07) is 0. The van der Waals surface area contributed by atoms with Gasteiger partial charge in [-0.2, -0.15) is 0 Å². The number of fused-ring (bicyclic) bond motifs is 1. The third-order valence-electron chi connectivity index (χ3n) is 3.46. The van der Waals surface area contributed by atoms with Crippen molar-refractivity contribution in [2.24, 2.45) is 11.8 Å². The summed E-state index contributed by atoms with van der Waals surface area (Å²) in [5.74, 6) is 0.117. The third-order valence-corrected chi connectivity index (χ3v) is 3.46. The highest BCUT2D eigenvalue weighted by Gasteiger charge is 2.35. The molecule has 0 aromatic rings. The predicted octanol–water partition coefficient (Wildman–Crippen LogP) is 0.346. The zero-order chi connectivity index (χ0) is 11.5. The summed E-state index contributed by atoms with van der Waals surface area (Å²) in [5, 5.41) is 8.52. The van der Waals surface area contributed by atoms with Gasteiger partial charge in [-0.25, -0.2) is 0 Å². The van der Waals surface area contributed by atoms with E-state index in [0.717, 1.165) is 32.7 Å². The van der Waals surface area contributed by atoms with Gasteiger partial charge in [-0.15, -0.1) is 0 Å². The van der Waals surface area contributed by atoms with E-state index < -0.39 is 5.97 Å². The Morgan fingerprint density at radius 3 is 2.75 bits per heavy atom. The van der Waals surface area contributed by atoms with Crippen LogP contribution in [0.3, 0.4) is 0 Å². The zero-order valence-electron chi connectivity index (χ0n) is 9.22. The number of likely N-dealkylation sites (tertiary alicyclic amines) is 1. The van der Waals surface area contributed by atoms with Crippen molar-refractivity contribution in [3.05, 3.63) is 0 Å². The number of carbonyl (C=O) groups is 2. The van der Waals surface area contributed by atoms with Gasteiger partial charge in [0, 0.05) is 32.0 Å². The molecule has 0 radical (unpaired) electrons. The molecule has 2 saturated heterocycles. The van der Waals surface area contributed by atoms with Crippen LogP contribution >= 0.6 is 0 Å². The van der Waals surface area contributed by atoms with Crippen LogP contribution in [-0.4, -0.2) is 48.2 Å². The fourth-order valence-electron chi connectivity index (χ4n) is 2.46. The van der Waals surface area contributed by atoms with Gasteiger partial charge in [-0.3, -0.25) is 9.59 Å². The molecule has 5 heteroatoms. The Hall–Kier alpha value is -1.10. The van der Waals surface area contributed by atoms with Crippen molar-refractivity contribution in [1.82, 2.24) is 4.90 Å². The number of amides is 1. The number of carbonyl (C=O) groups excluding carboxylic acids is 1. The van der Waals surface area contributed by atoms with Gasteiger partial charge in [0.1, 0.15) is 0 Å². The molecule has 2 aliphatic rings. The van der Waals surface area contributed by atoms with Crippen molar-refractivity contribution in [3.8, 4) is 0 Å². The van der Waals surface area contributed by atoms with E-state index in [1.807, 2.05) is 0 Å². The van der Waals surface area contributed by atoms with Crippen molar-refractivity contribution < 1.29 is 19.4 Å². The Morgan fingerprint density at radius 1 is 1.25 bits per heavy atom. The molecule has 0 saturated carbocycles. The average Bonchev–Trinajstić information content (AvgIpc) is 2.72. The first-order valence-electron chi connectivity index (χ1n) is 5.74. The van der Waals surface area contributed by atoms with Crippen molar-refractivity contribution in [2.75, 3.05) is 26.3 Å². The first-order valence-corrected chi connectivity index (χ1v) is 5.74. The van der Waals surface area contributed by atoms with Gasteiger partial charge in [0.05, 0.1) is 13.0 Å². The van der Waals surface area contributed by atoms with Crippen LogP contribution in [0, 0.1) is 11.8 Å². The first kappa shape index (κ1) is 11.4. The number of ether oxygens (including phenoxy) is 1. The maximum absolute atomic E-state index is 11.7. The minimum absolute atomic E-state index is 0.0345. The third kappa shape index (κ3) is 2.52. The van der Waals surface area contributed by atoms with Gasteiger partial charge < -0.3 is 14.7 Å². The standard InChI is InChI=1S/C11H17NO4/c13-10(1-2-11(14)15)12-4-3-8-6-16-7-9(8)5-12/h8-9H,1-7H2,(H,14,15)/t8-,9-/m0/s1. The van der Waals surface area contributed by atoms with E-state index in [1.54, 1.807) is 4.90 Å². The fourth-order valence-corrected chi connectivity index (χ4v) is 2.46. The molecule has 5 nitrogen and oxygen atoms in total. The number of hydrogen-bond donors (Lipinski definition) is 1. The molecule has 2 heterocycles. The Morgan fingerprint density at radius 2 is 2.00 bits per heavy atom. The second kappa shape index (κ2) is 4.82. The van der Waals surface area contributed by atoms with Crippen LogP contribution in [0.4, 0.5) is 0 Å². The second-order valence-corrected chi connectivity index (χ2v) is 4.58. The van der Waals surface area contributed by atoms with Gasteiger partial charge in [-0.05, 0) is 12.3 Å². The smallest absolute Gasteiger partial charge is 0.303 e. The minimum atomic E-state index is -0.910. The number of carboxylic acids is 1. The number of nitrogens with zero attached hydrogens (tertiary/aromatic N) is 1. The molecule has 1 amide bonds. The summed E-state index contributed by atoms with van der Waals surface area (Å²) in [6.45, 7) is 3.06. The van der Waals surface area contributed by atoms with Crippen LogP contribution in [0.5, 0.6) is 0 Å². The molecule has 0 aromatic carbocycles. The highest BCUT2D eigenvalue weighted by Crippen LogP contribution is 2.29. The number of hydrogen-bond acceptors (Lipinski definition) is 3. The van der Waals surface area contributed by atoms with Crippen LogP contribution in [0.2, 0.25) is 0 Å². The SMILES string of the molecule is O=C(O)CCC(=O)N1CC[C@H]2COC[C@@H]2C1. The quantitative estimate of drug-likeness (QED) is 0.755.